The Morgan fingerprint density at radius 3 is 2.26 bits per heavy atom. The number of rotatable bonds is 8. The van der Waals surface area contributed by atoms with Crippen molar-refractivity contribution in [3.05, 3.63) is 29.8 Å². The molecule has 8 heteroatoms. The molecule has 0 heterocycles. The molecule has 0 aromatic heterocycles. The lowest BCUT2D eigenvalue weighted by Gasteiger charge is -2.23. The lowest BCUT2D eigenvalue weighted by atomic mass is 10.1. The van der Waals surface area contributed by atoms with E-state index in [9.17, 15) is 18.0 Å². The van der Waals surface area contributed by atoms with E-state index in [-0.39, 0.29) is 34.7 Å². The molecule has 2 rings (SSSR count). The molecule has 0 bridgehead atoms. The van der Waals surface area contributed by atoms with Crippen LogP contribution in [0.5, 0.6) is 0 Å². The summed E-state index contributed by atoms with van der Waals surface area (Å²) >= 11 is 0. The molecule has 0 saturated heterocycles. The quantitative estimate of drug-likeness (QED) is 0.620. The van der Waals surface area contributed by atoms with Crippen molar-refractivity contribution >= 4 is 21.8 Å². The number of nitrogens with one attached hydrogen (secondary N) is 3. The first-order chi connectivity index (χ1) is 12.5. The summed E-state index contributed by atoms with van der Waals surface area (Å²) in [6.07, 6.45) is 2.46. The van der Waals surface area contributed by atoms with Gasteiger partial charge in [-0.2, -0.15) is 0 Å². The maximum atomic E-state index is 12.1. The van der Waals surface area contributed by atoms with Gasteiger partial charge >= 0.3 is 0 Å². The Morgan fingerprint density at radius 1 is 1.15 bits per heavy atom. The molecule has 1 aromatic carbocycles. The Morgan fingerprint density at radius 2 is 1.74 bits per heavy atom. The molecule has 1 fully saturated rings. The monoisotopic (exact) mass is 395 g/mol. The van der Waals surface area contributed by atoms with Gasteiger partial charge in [0.15, 0.2) is 0 Å². The highest BCUT2D eigenvalue weighted by atomic mass is 32.2. The van der Waals surface area contributed by atoms with Gasteiger partial charge in [-0.15, -0.1) is 0 Å². The van der Waals surface area contributed by atoms with Gasteiger partial charge in [-0.1, -0.05) is 12.1 Å². The van der Waals surface area contributed by atoms with E-state index in [0.29, 0.717) is 6.42 Å². The van der Waals surface area contributed by atoms with Crippen molar-refractivity contribution in [2.24, 2.45) is 0 Å². The van der Waals surface area contributed by atoms with Crippen LogP contribution in [0.2, 0.25) is 0 Å². The van der Waals surface area contributed by atoms with Crippen LogP contribution in [0.1, 0.15) is 52.5 Å². The van der Waals surface area contributed by atoms with Crippen LogP contribution >= 0.6 is 0 Å². The van der Waals surface area contributed by atoms with Crippen molar-refractivity contribution in [3.8, 4) is 0 Å². The molecular formula is C19H29N3O4S. The average Bonchev–Trinajstić information content (AvgIpc) is 3.35. The normalized spacial score (nSPS) is 15.9. The van der Waals surface area contributed by atoms with E-state index in [1.165, 1.54) is 0 Å². The van der Waals surface area contributed by atoms with Gasteiger partial charge in [0.25, 0.3) is 0 Å². The Hall–Kier alpha value is -1.93. The van der Waals surface area contributed by atoms with Gasteiger partial charge in [0.2, 0.25) is 21.8 Å². The first kappa shape index (κ1) is 21.4. The van der Waals surface area contributed by atoms with Crippen molar-refractivity contribution in [3.63, 3.8) is 0 Å². The molecule has 1 aliphatic rings. The van der Waals surface area contributed by atoms with Crippen LogP contribution in [-0.4, -0.2) is 37.9 Å². The highest BCUT2D eigenvalue weighted by molar-refractivity contribution is 7.89. The van der Waals surface area contributed by atoms with Gasteiger partial charge in [0.1, 0.15) is 6.04 Å². The molecule has 0 radical (unpaired) electrons. The van der Waals surface area contributed by atoms with E-state index in [4.69, 9.17) is 0 Å². The van der Waals surface area contributed by atoms with Gasteiger partial charge in [0.05, 0.1) is 4.90 Å². The van der Waals surface area contributed by atoms with Crippen LogP contribution in [0.15, 0.2) is 29.2 Å². The lowest BCUT2D eigenvalue weighted by molar-refractivity contribution is -0.129. The van der Waals surface area contributed by atoms with Crippen LogP contribution in [0, 0.1) is 0 Å². The van der Waals surface area contributed by atoms with Crippen molar-refractivity contribution in [2.75, 3.05) is 0 Å². The summed E-state index contributed by atoms with van der Waals surface area (Å²) in [6, 6.07) is 5.98. The zero-order chi connectivity index (χ0) is 20.2. The molecule has 3 N–H and O–H groups in total. The molecule has 1 unspecified atom stereocenters. The van der Waals surface area contributed by atoms with Gasteiger partial charge in [-0.25, -0.2) is 13.1 Å². The Kier molecular flexibility index (Phi) is 6.64. The molecule has 1 aromatic rings. The summed E-state index contributed by atoms with van der Waals surface area (Å²) in [7, 11) is -3.46. The second-order valence-electron chi connectivity index (χ2n) is 8.07. The van der Waals surface area contributed by atoms with Crippen LogP contribution in [-0.2, 0) is 26.0 Å². The Labute approximate surface area is 161 Å². The van der Waals surface area contributed by atoms with E-state index < -0.39 is 16.1 Å². The maximum absolute atomic E-state index is 12.1. The van der Waals surface area contributed by atoms with Crippen LogP contribution in [0.25, 0.3) is 0 Å². The maximum Gasteiger partial charge on any atom is 0.242 e. The molecule has 0 spiro atoms. The third-order valence-electron chi connectivity index (χ3n) is 4.04. The summed E-state index contributed by atoms with van der Waals surface area (Å²) in [6.45, 7) is 7.28. The minimum absolute atomic E-state index is 0.0656. The fourth-order valence-corrected chi connectivity index (χ4v) is 3.74. The third-order valence-corrected chi connectivity index (χ3v) is 5.58. The molecular weight excluding hydrogens is 366 g/mol. The first-order valence-electron chi connectivity index (χ1n) is 9.19. The molecule has 1 saturated carbocycles. The molecule has 27 heavy (non-hydrogen) atoms. The zero-order valence-electron chi connectivity index (χ0n) is 16.3. The topological polar surface area (TPSA) is 104 Å². The minimum atomic E-state index is -3.46. The highest BCUT2D eigenvalue weighted by Gasteiger charge is 2.27. The lowest BCUT2D eigenvalue weighted by Crippen LogP contribution is -2.50. The predicted molar refractivity (Wildman–Crippen MR) is 104 cm³/mol. The molecule has 0 aliphatic heterocycles. The molecule has 2 amide bonds. The van der Waals surface area contributed by atoms with E-state index in [2.05, 4.69) is 15.4 Å². The number of carbonyl (C=O) groups is 2. The first-order valence-corrected chi connectivity index (χ1v) is 10.7. The summed E-state index contributed by atoms with van der Waals surface area (Å²) in [4.78, 5) is 24.3. The molecule has 1 atom stereocenters. The standard InChI is InChI=1S/C19H29N3O4S/c1-13(18(24)21-19(2,3)4)20-17(23)12-7-14-5-10-16(11-6-14)27(25,26)22-15-8-9-15/h5-6,10-11,13,15,22H,7-9,12H2,1-4H3,(H,20,23)(H,21,24). The Balaban J connectivity index is 1.82. The largest absolute Gasteiger partial charge is 0.350 e. The van der Waals surface area contributed by atoms with E-state index in [1.54, 1.807) is 31.2 Å². The van der Waals surface area contributed by atoms with Crippen molar-refractivity contribution in [2.45, 2.75) is 75.9 Å². The number of benzene rings is 1. The number of carbonyl (C=O) groups excluding carboxylic acids is 2. The molecule has 150 valence electrons. The smallest absolute Gasteiger partial charge is 0.242 e. The third kappa shape index (κ3) is 7.30. The van der Waals surface area contributed by atoms with Gasteiger partial charge < -0.3 is 10.6 Å². The van der Waals surface area contributed by atoms with E-state index in [1.807, 2.05) is 20.8 Å². The SMILES string of the molecule is CC(NC(=O)CCc1ccc(S(=O)(=O)NC2CC2)cc1)C(=O)NC(C)(C)C. The van der Waals surface area contributed by atoms with Crippen molar-refractivity contribution in [1.29, 1.82) is 0 Å². The molecule has 7 nitrogen and oxygen atoms in total. The summed E-state index contributed by atoms with van der Waals surface area (Å²) in [5.74, 6) is -0.452. The fraction of sp³-hybridized carbons (Fsp3) is 0.579. The number of aryl methyl sites for hydroxylation is 1. The second kappa shape index (κ2) is 8.39. The van der Waals surface area contributed by atoms with Gasteiger partial charge in [-0.05, 0) is 64.7 Å². The molecule has 1 aliphatic carbocycles. The highest BCUT2D eigenvalue weighted by Crippen LogP contribution is 2.22. The fourth-order valence-electron chi connectivity index (χ4n) is 2.44. The van der Waals surface area contributed by atoms with Crippen molar-refractivity contribution < 1.29 is 18.0 Å². The zero-order valence-corrected chi connectivity index (χ0v) is 17.2. The van der Waals surface area contributed by atoms with E-state index >= 15 is 0 Å². The van der Waals surface area contributed by atoms with Gasteiger partial charge in [-0.3, -0.25) is 9.59 Å². The van der Waals surface area contributed by atoms with Crippen LogP contribution in [0.3, 0.4) is 0 Å². The minimum Gasteiger partial charge on any atom is -0.350 e. The summed E-state index contributed by atoms with van der Waals surface area (Å²) in [5, 5.41) is 5.50. The summed E-state index contributed by atoms with van der Waals surface area (Å²) in [5.41, 5.74) is 0.509. The van der Waals surface area contributed by atoms with Crippen LogP contribution < -0.4 is 15.4 Å². The summed E-state index contributed by atoms with van der Waals surface area (Å²) < 4.78 is 26.9. The van der Waals surface area contributed by atoms with Crippen molar-refractivity contribution in [1.82, 2.24) is 15.4 Å². The van der Waals surface area contributed by atoms with Gasteiger partial charge in [0, 0.05) is 18.0 Å². The average molecular weight is 396 g/mol. The Bertz CT molecular complexity index is 778. The predicted octanol–water partition coefficient (Wildman–Crippen LogP) is 1.48. The number of hydrogen-bond acceptors (Lipinski definition) is 4. The number of sulfonamides is 1. The second-order valence-corrected chi connectivity index (χ2v) is 9.78. The van der Waals surface area contributed by atoms with Crippen LogP contribution in [0.4, 0.5) is 0 Å². The number of hydrogen-bond donors (Lipinski definition) is 3. The number of amides is 2. The van der Waals surface area contributed by atoms with E-state index in [0.717, 1.165) is 18.4 Å².